The minimum atomic E-state index is -0.456. The highest BCUT2D eigenvalue weighted by atomic mass is 35.5. The fraction of sp³-hybridized carbons (Fsp3) is 0.500. The third kappa shape index (κ3) is 4.92. The lowest BCUT2D eigenvalue weighted by atomic mass is 10.0. The molecule has 6 nitrogen and oxygen atoms in total. The van der Waals surface area contributed by atoms with Crippen LogP contribution in [0.15, 0.2) is 24.3 Å². The van der Waals surface area contributed by atoms with Gasteiger partial charge in [0, 0.05) is 31.2 Å². The summed E-state index contributed by atoms with van der Waals surface area (Å²) < 4.78 is 5.23. The van der Waals surface area contributed by atoms with Crippen LogP contribution >= 0.6 is 11.6 Å². The summed E-state index contributed by atoms with van der Waals surface area (Å²) in [6, 6.07) is 6.78. The van der Waals surface area contributed by atoms with Crippen LogP contribution in [0.3, 0.4) is 0 Å². The molecule has 1 aliphatic heterocycles. The molecule has 0 unspecified atom stereocenters. The molecule has 1 aromatic carbocycles. The van der Waals surface area contributed by atoms with Crippen molar-refractivity contribution in [2.24, 2.45) is 5.73 Å². The Balaban J connectivity index is 2.10. The summed E-state index contributed by atoms with van der Waals surface area (Å²) in [6.45, 7) is 5.09. The number of hydrogen-bond donors (Lipinski definition) is 1. The van der Waals surface area contributed by atoms with Crippen LogP contribution in [0.5, 0.6) is 0 Å². The molecule has 2 rings (SSSR count). The molecule has 1 heterocycles. The molecular formula is C16H22ClN3O3. The van der Waals surface area contributed by atoms with Gasteiger partial charge in [0.25, 0.3) is 0 Å². The average Bonchev–Trinajstić information content (AvgIpc) is 2.51. The van der Waals surface area contributed by atoms with Gasteiger partial charge >= 0.3 is 5.97 Å². The summed E-state index contributed by atoms with van der Waals surface area (Å²) in [5.74, 6) is -0.601. The zero-order chi connectivity index (χ0) is 16.8. The van der Waals surface area contributed by atoms with Crippen molar-refractivity contribution in [1.29, 1.82) is 0 Å². The molecule has 1 aliphatic rings. The number of halogens is 1. The third-order valence-corrected chi connectivity index (χ3v) is 4.10. The van der Waals surface area contributed by atoms with Crippen LogP contribution in [-0.2, 0) is 14.3 Å². The van der Waals surface area contributed by atoms with E-state index < -0.39 is 6.04 Å². The maximum absolute atomic E-state index is 12.4. The van der Waals surface area contributed by atoms with Crippen LogP contribution < -0.4 is 5.73 Å². The number of carbonyl (C=O) groups is 2. The first kappa shape index (κ1) is 17.7. The number of rotatable bonds is 6. The molecule has 1 fully saturated rings. The number of hydrogen-bond acceptors (Lipinski definition) is 5. The maximum atomic E-state index is 12.4. The minimum Gasteiger partial charge on any atom is -0.465 e. The van der Waals surface area contributed by atoms with Gasteiger partial charge in [0.1, 0.15) is 6.04 Å². The Kier molecular flexibility index (Phi) is 6.38. The van der Waals surface area contributed by atoms with E-state index in [0.717, 1.165) is 5.56 Å². The lowest BCUT2D eigenvalue weighted by molar-refractivity contribution is -0.151. The number of amides is 1. The molecule has 23 heavy (non-hydrogen) atoms. The van der Waals surface area contributed by atoms with Gasteiger partial charge in [0.05, 0.1) is 13.2 Å². The quantitative estimate of drug-likeness (QED) is 0.784. The van der Waals surface area contributed by atoms with E-state index in [1.165, 1.54) is 0 Å². The Bertz CT molecular complexity index is 542. The Morgan fingerprint density at radius 2 is 1.83 bits per heavy atom. The van der Waals surface area contributed by atoms with Gasteiger partial charge in [-0.2, -0.15) is 0 Å². The number of nitrogens with two attached hydrogens (primary N) is 1. The van der Waals surface area contributed by atoms with Crippen LogP contribution in [-0.4, -0.2) is 61.0 Å². The zero-order valence-corrected chi connectivity index (χ0v) is 14.0. The SMILES string of the molecule is CCOC(=O)[C@@H](c1ccc(Cl)cc1)N1CCN(CC(N)=O)CC1. The first-order chi connectivity index (χ1) is 11.0. The Hall–Kier alpha value is -1.63. The molecule has 0 aromatic heterocycles. The van der Waals surface area contributed by atoms with E-state index in [9.17, 15) is 9.59 Å². The van der Waals surface area contributed by atoms with Crippen molar-refractivity contribution in [3.63, 3.8) is 0 Å². The van der Waals surface area contributed by atoms with Gasteiger partial charge < -0.3 is 10.5 Å². The number of ether oxygens (including phenoxy) is 1. The van der Waals surface area contributed by atoms with Crippen molar-refractivity contribution in [3.05, 3.63) is 34.9 Å². The smallest absolute Gasteiger partial charge is 0.328 e. The highest BCUT2D eigenvalue weighted by Gasteiger charge is 2.31. The van der Waals surface area contributed by atoms with E-state index in [-0.39, 0.29) is 18.4 Å². The second-order valence-corrected chi connectivity index (χ2v) is 5.92. The minimum absolute atomic E-state index is 0.249. The molecule has 2 N–H and O–H groups in total. The highest BCUT2D eigenvalue weighted by Crippen LogP contribution is 2.25. The lowest BCUT2D eigenvalue weighted by Crippen LogP contribution is -2.51. The molecule has 1 atom stereocenters. The van der Waals surface area contributed by atoms with Crippen molar-refractivity contribution in [2.75, 3.05) is 39.3 Å². The van der Waals surface area contributed by atoms with E-state index >= 15 is 0 Å². The first-order valence-corrected chi connectivity index (χ1v) is 8.06. The normalized spacial score (nSPS) is 17.7. The van der Waals surface area contributed by atoms with Crippen LogP contribution in [0.2, 0.25) is 5.02 Å². The van der Waals surface area contributed by atoms with Crippen molar-refractivity contribution >= 4 is 23.5 Å². The largest absolute Gasteiger partial charge is 0.465 e. The topological polar surface area (TPSA) is 75.9 Å². The molecule has 0 aliphatic carbocycles. The highest BCUT2D eigenvalue weighted by molar-refractivity contribution is 6.30. The zero-order valence-electron chi connectivity index (χ0n) is 13.2. The number of benzene rings is 1. The lowest BCUT2D eigenvalue weighted by Gasteiger charge is -2.37. The van der Waals surface area contributed by atoms with Crippen molar-refractivity contribution in [2.45, 2.75) is 13.0 Å². The Morgan fingerprint density at radius 1 is 1.22 bits per heavy atom. The van der Waals surface area contributed by atoms with Gasteiger partial charge in [0.2, 0.25) is 5.91 Å². The number of primary amides is 1. The molecule has 0 saturated carbocycles. The van der Waals surface area contributed by atoms with Crippen molar-refractivity contribution in [3.8, 4) is 0 Å². The van der Waals surface area contributed by atoms with Crippen LogP contribution in [0.1, 0.15) is 18.5 Å². The summed E-state index contributed by atoms with van der Waals surface area (Å²) in [5.41, 5.74) is 6.09. The monoisotopic (exact) mass is 339 g/mol. The molecule has 0 radical (unpaired) electrons. The van der Waals surface area contributed by atoms with E-state index in [2.05, 4.69) is 4.90 Å². The maximum Gasteiger partial charge on any atom is 0.328 e. The molecule has 7 heteroatoms. The van der Waals surface area contributed by atoms with Crippen LogP contribution in [0.4, 0.5) is 0 Å². The number of nitrogens with zero attached hydrogens (tertiary/aromatic N) is 2. The number of carbonyl (C=O) groups excluding carboxylic acids is 2. The fourth-order valence-corrected chi connectivity index (χ4v) is 2.89. The van der Waals surface area contributed by atoms with Gasteiger partial charge in [-0.1, -0.05) is 23.7 Å². The van der Waals surface area contributed by atoms with Gasteiger partial charge in [0.15, 0.2) is 0 Å². The number of esters is 1. The summed E-state index contributed by atoms with van der Waals surface area (Å²) in [7, 11) is 0. The molecular weight excluding hydrogens is 318 g/mol. The Labute approximate surface area is 141 Å². The second-order valence-electron chi connectivity index (χ2n) is 5.48. The summed E-state index contributed by atoms with van der Waals surface area (Å²) in [5, 5.41) is 0.627. The molecule has 0 bridgehead atoms. The average molecular weight is 340 g/mol. The van der Waals surface area contributed by atoms with E-state index in [0.29, 0.717) is 37.8 Å². The molecule has 1 saturated heterocycles. The fourth-order valence-electron chi connectivity index (χ4n) is 2.76. The Morgan fingerprint density at radius 3 is 2.35 bits per heavy atom. The van der Waals surface area contributed by atoms with Gasteiger partial charge in [-0.3, -0.25) is 14.6 Å². The van der Waals surface area contributed by atoms with E-state index in [1.807, 2.05) is 17.0 Å². The predicted molar refractivity (Wildman–Crippen MR) is 88.0 cm³/mol. The summed E-state index contributed by atoms with van der Waals surface area (Å²) >= 11 is 5.93. The number of piperazine rings is 1. The van der Waals surface area contributed by atoms with Crippen LogP contribution in [0, 0.1) is 0 Å². The third-order valence-electron chi connectivity index (χ3n) is 3.85. The van der Waals surface area contributed by atoms with E-state index in [1.54, 1.807) is 19.1 Å². The second kappa shape index (κ2) is 8.29. The van der Waals surface area contributed by atoms with Crippen molar-refractivity contribution < 1.29 is 14.3 Å². The summed E-state index contributed by atoms with van der Waals surface area (Å²) in [4.78, 5) is 27.5. The van der Waals surface area contributed by atoms with Gasteiger partial charge in [-0.15, -0.1) is 0 Å². The standard InChI is InChI=1S/C16H22ClN3O3/c1-2-23-16(22)15(12-3-5-13(17)6-4-12)20-9-7-19(8-10-20)11-14(18)21/h3-6,15H,2,7-11H2,1H3,(H2,18,21)/t15-/m1/s1. The van der Waals surface area contributed by atoms with Gasteiger partial charge in [-0.05, 0) is 24.6 Å². The molecule has 0 spiro atoms. The van der Waals surface area contributed by atoms with E-state index in [4.69, 9.17) is 22.1 Å². The van der Waals surface area contributed by atoms with Crippen molar-refractivity contribution in [1.82, 2.24) is 9.80 Å². The van der Waals surface area contributed by atoms with Gasteiger partial charge in [-0.25, -0.2) is 4.79 Å². The summed E-state index contributed by atoms with van der Waals surface area (Å²) in [6.07, 6.45) is 0. The first-order valence-electron chi connectivity index (χ1n) is 7.68. The molecule has 126 valence electrons. The molecule has 1 aromatic rings. The van der Waals surface area contributed by atoms with Crippen LogP contribution in [0.25, 0.3) is 0 Å². The molecule has 1 amide bonds. The predicted octanol–water partition coefficient (Wildman–Crippen LogP) is 1.05.